The first-order valence-corrected chi connectivity index (χ1v) is 7.56. The van der Waals surface area contributed by atoms with E-state index in [1.807, 2.05) is 0 Å². The first kappa shape index (κ1) is 21.8. The van der Waals surface area contributed by atoms with Crippen LogP contribution in [-0.2, 0) is 0 Å². The average Bonchev–Trinajstić information content (AvgIpc) is 2.54. The Labute approximate surface area is 201 Å². The first-order valence-electron chi connectivity index (χ1n) is 6.05. The maximum atomic E-state index is 9.01. The SMILES string of the molecule is N#CC(N=Nc1ccc(Cl)c(Cl)c1)=NNc1ccc(Cl)c(Cl)c1.[KH]. The van der Waals surface area contributed by atoms with Crippen molar-refractivity contribution in [2.45, 2.75) is 0 Å². The van der Waals surface area contributed by atoms with Crippen molar-refractivity contribution in [1.29, 1.82) is 5.26 Å². The van der Waals surface area contributed by atoms with E-state index < -0.39 is 0 Å². The third kappa shape index (κ3) is 6.60. The Bertz CT molecular complexity index is 832. The molecule has 0 aliphatic rings. The molecule has 2 aromatic rings. The van der Waals surface area contributed by atoms with Crippen molar-refractivity contribution in [3.63, 3.8) is 0 Å². The summed E-state index contributed by atoms with van der Waals surface area (Å²) in [5, 5.41) is 22.0. The fourth-order valence-electron chi connectivity index (χ4n) is 1.41. The van der Waals surface area contributed by atoms with Crippen molar-refractivity contribution in [1.82, 2.24) is 0 Å². The quantitative estimate of drug-likeness (QED) is 0.225. The molecule has 0 aliphatic carbocycles. The Balaban J connectivity index is 0.00000288. The summed E-state index contributed by atoms with van der Waals surface area (Å²) in [6.07, 6.45) is 0. The second-order valence-corrected chi connectivity index (χ2v) is 5.72. The van der Waals surface area contributed by atoms with Crippen LogP contribution in [-0.4, -0.2) is 57.2 Å². The molecule has 0 aliphatic heterocycles. The van der Waals surface area contributed by atoms with Crippen molar-refractivity contribution in [3.05, 3.63) is 56.5 Å². The molecule has 5 nitrogen and oxygen atoms in total. The number of anilines is 1. The second kappa shape index (κ2) is 10.7. The first-order chi connectivity index (χ1) is 11.0. The summed E-state index contributed by atoms with van der Waals surface area (Å²) in [7, 11) is 0. The van der Waals surface area contributed by atoms with E-state index in [-0.39, 0.29) is 57.2 Å². The van der Waals surface area contributed by atoms with Crippen LogP contribution in [0.25, 0.3) is 0 Å². The number of nitrogens with zero attached hydrogens (tertiary/aromatic N) is 4. The molecule has 2 aromatic carbocycles. The molecule has 118 valence electrons. The number of halogens is 4. The predicted molar refractivity (Wildman–Crippen MR) is 101 cm³/mol. The summed E-state index contributed by atoms with van der Waals surface area (Å²) in [5.74, 6) is -0.179. The summed E-state index contributed by atoms with van der Waals surface area (Å²) in [6, 6.07) is 11.3. The fraction of sp³-hybridized carbons (Fsp3) is 0. The summed E-state index contributed by atoms with van der Waals surface area (Å²) in [5.41, 5.74) is 3.64. The van der Waals surface area contributed by atoms with E-state index in [1.165, 1.54) is 6.07 Å². The number of benzene rings is 2. The topological polar surface area (TPSA) is 72.9 Å². The predicted octanol–water partition coefficient (Wildman–Crippen LogP) is 5.68. The maximum absolute atomic E-state index is 9.01. The van der Waals surface area contributed by atoms with Gasteiger partial charge in [0, 0.05) is 0 Å². The van der Waals surface area contributed by atoms with Crippen molar-refractivity contribution in [2.75, 3.05) is 5.43 Å². The minimum atomic E-state index is -0.179. The molecule has 0 atom stereocenters. The summed E-state index contributed by atoms with van der Waals surface area (Å²) in [6.45, 7) is 0. The molecule has 0 saturated heterocycles. The van der Waals surface area contributed by atoms with Crippen LogP contribution >= 0.6 is 46.4 Å². The molecule has 0 unspecified atom stereocenters. The molecule has 24 heavy (non-hydrogen) atoms. The van der Waals surface area contributed by atoms with Crippen molar-refractivity contribution >= 4 is 115 Å². The number of amidine groups is 1. The molecule has 0 aromatic heterocycles. The number of hydrogen-bond acceptors (Lipinski definition) is 4. The van der Waals surface area contributed by atoms with E-state index in [9.17, 15) is 0 Å². The third-order valence-corrected chi connectivity index (χ3v) is 3.95. The van der Waals surface area contributed by atoms with E-state index in [2.05, 4.69) is 20.8 Å². The Morgan fingerprint density at radius 1 is 0.917 bits per heavy atom. The van der Waals surface area contributed by atoms with Crippen molar-refractivity contribution < 1.29 is 0 Å². The van der Waals surface area contributed by atoms with Crippen molar-refractivity contribution in [3.8, 4) is 6.07 Å². The molecular weight excluding hydrogens is 419 g/mol. The zero-order valence-corrected chi connectivity index (χ0v) is 14.3. The Kier molecular flexibility index (Phi) is 9.75. The van der Waals surface area contributed by atoms with Gasteiger partial charge in [0.25, 0.3) is 5.84 Å². The molecule has 10 heteroatoms. The summed E-state index contributed by atoms with van der Waals surface area (Å²) in [4.78, 5) is 0. The average molecular weight is 427 g/mol. The van der Waals surface area contributed by atoms with Crippen LogP contribution in [0, 0.1) is 11.3 Å². The fourth-order valence-corrected chi connectivity index (χ4v) is 2.00. The van der Waals surface area contributed by atoms with Gasteiger partial charge in [-0.25, -0.2) is 0 Å². The van der Waals surface area contributed by atoms with Crippen LogP contribution in [0.4, 0.5) is 11.4 Å². The normalized spacial score (nSPS) is 11.0. The molecule has 0 fully saturated rings. The number of hydrazone groups is 1. The number of hydrogen-bond donors (Lipinski definition) is 1. The van der Waals surface area contributed by atoms with Gasteiger partial charge < -0.3 is 0 Å². The number of rotatable bonds is 3. The Morgan fingerprint density at radius 3 is 2.12 bits per heavy atom. The third-order valence-electron chi connectivity index (χ3n) is 2.47. The standard InChI is InChI=1S/C14H7Cl4N5.K.H/c15-10-3-1-8(5-12(10)17)20-22-14(7-19)23-21-9-2-4-11(16)13(18)6-9;;/h1-6,20H;;. The van der Waals surface area contributed by atoms with Gasteiger partial charge in [0.15, 0.2) is 0 Å². The van der Waals surface area contributed by atoms with E-state index in [4.69, 9.17) is 51.7 Å². The van der Waals surface area contributed by atoms with Crippen LogP contribution in [0.5, 0.6) is 0 Å². The van der Waals surface area contributed by atoms with E-state index in [0.29, 0.717) is 31.5 Å². The number of azo groups is 1. The molecule has 0 heterocycles. The van der Waals surface area contributed by atoms with Gasteiger partial charge in [0.05, 0.1) is 31.5 Å². The van der Waals surface area contributed by atoms with Gasteiger partial charge in [-0.2, -0.15) is 5.26 Å². The molecule has 0 bridgehead atoms. The van der Waals surface area contributed by atoms with Crippen LogP contribution in [0.3, 0.4) is 0 Å². The van der Waals surface area contributed by atoms with Crippen LogP contribution in [0.1, 0.15) is 0 Å². The van der Waals surface area contributed by atoms with E-state index in [0.717, 1.165) is 0 Å². The van der Waals surface area contributed by atoms with Gasteiger partial charge in [-0.05, 0) is 36.4 Å². The van der Waals surface area contributed by atoms with Crippen molar-refractivity contribution in [2.24, 2.45) is 15.3 Å². The van der Waals surface area contributed by atoms with Gasteiger partial charge in [-0.1, -0.05) is 46.4 Å². The summed E-state index contributed by atoms with van der Waals surface area (Å²) >= 11 is 23.4. The zero-order chi connectivity index (χ0) is 16.8. The van der Waals surface area contributed by atoms with E-state index in [1.54, 1.807) is 36.4 Å². The Hall–Kier alpha value is -0.204. The molecule has 0 saturated carbocycles. The van der Waals surface area contributed by atoms with Gasteiger partial charge in [0.2, 0.25) is 0 Å². The number of nitrogens with one attached hydrogen (secondary N) is 1. The molecule has 2 rings (SSSR count). The minimum absolute atomic E-state index is 0. The van der Waals surface area contributed by atoms with Crippen LogP contribution in [0.15, 0.2) is 51.7 Å². The molecule has 1 N–H and O–H groups in total. The van der Waals surface area contributed by atoms with E-state index >= 15 is 0 Å². The van der Waals surface area contributed by atoms with Crippen LogP contribution < -0.4 is 5.43 Å². The van der Waals surface area contributed by atoms with Gasteiger partial charge in [-0.15, -0.1) is 15.3 Å². The molecule has 0 radical (unpaired) electrons. The van der Waals surface area contributed by atoms with Gasteiger partial charge >= 0.3 is 51.4 Å². The molecule has 0 spiro atoms. The summed E-state index contributed by atoms with van der Waals surface area (Å²) < 4.78 is 0. The zero-order valence-electron chi connectivity index (χ0n) is 11.3. The monoisotopic (exact) mass is 425 g/mol. The van der Waals surface area contributed by atoms with Crippen LogP contribution in [0.2, 0.25) is 20.1 Å². The molecular formula is C14H8Cl4KN5. The number of nitriles is 1. The second-order valence-electron chi connectivity index (χ2n) is 4.09. The van der Waals surface area contributed by atoms with Gasteiger partial charge in [0.1, 0.15) is 6.07 Å². The molecule has 0 amide bonds. The Morgan fingerprint density at radius 2 is 1.54 bits per heavy atom. The van der Waals surface area contributed by atoms with Gasteiger partial charge in [-0.3, -0.25) is 5.43 Å².